The molecule has 1 aliphatic heterocycles. The highest BCUT2D eigenvalue weighted by Crippen LogP contribution is 2.32. The molecule has 0 saturated heterocycles. The fourth-order valence-corrected chi connectivity index (χ4v) is 3.22. The van der Waals surface area contributed by atoms with Crippen molar-refractivity contribution >= 4 is 11.3 Å². The van der Waals surface area contributed by atoms with E-state index >= 15 is 0 Å². The third kappa shape index (κ3) is 2.81. The zero-order valence-corrected chi connectivity index (χ0v) is 12.6. The number of ether oxygens (including phenoxy) is 2. The van der Waals surface area contributed by atoms with Crippen LogP contribution >= 0.6 is 11.3 Å². The number of hydrogen-bond donors (Lipinski definition) is 1. The maximum Gasteiger partial charge on any atom is 0.231 e. The summed E-state index contributed by atoms with van der Waals surface area (Å²) in [5, 5.41) is 3.56. The molecule has 0 aliphatic carbocycles. The van der Waals surface area contributed by atoms with Gasteiger partial charge in [0.1, 0.15) is 0 Å². The fraction of sp³-hybridized carbons (Fsp3) is 0.375. The molecule has 106 valence electrons. The SMILES string of the molecule is CCc1ccc(C(C)NCc2ccc3c(c2)OCO3)s1. The number of benzene rings is 1. The smallest absolute Gasteiger partial charge is 0.231 e. The maximum atomic E-state index is 5.40. The number of fused-ring (bicyclic) bond motifs is 1. The molecular weight excluding hydrogens is 270 g/mol. The molecule has 0 amide bonds. The van der Waals surface area contributed by atoms with Crippen LogP contribution in [0.15, 0.2) is 30.3 Å². The Labute approximate surface area is 123 Å². The first-order valence-corrected chi connectivity index (χ1v) is 7.78. The van der Waals surface area contributed by atoms with E-state index in [1.807, 2.05) is 23.5 Å². The van der Waals surface area contributed by atoms with E-state index in [0.29, 0.717) is 12.8 Å². The van der Waals surface area contributed by atoms with Gasteiger partial charge in [0.05, 0.1) is 0 Å². The average Bonchev–Trinajstić information content (AvgIpc) is 3.12. The second-order valence-corrected chi connectivity index (χ2v) is 6.15. The number of thiophene rings is 1. The zero-order chi connectivity index (χ0) is 13.9. The van der Waals surface area contributed by atoms with Crippen LogP contribution in [0.3, 0.4) is 0 Å². The minimum absolute atomic E-state index is 0.331. The molecule has 1 aliphatic rings. The van der Waals surface area contributed by atoms with E-state index in [9.17, 15) is 0 Å². The summed E-state index contributed by atoms with van der Waals surface area (Å²) in [5.41, 5.74) is 1.22. The average molecular weight is 289 g/mol. The Kier molecular flexibility index (Phi) is 3.94. The molecule has 20 heavy (non-hydrogen) atoms. The zero-order valence-electron chi connectivity index (χ0n) is 11.8. The van der Waals surface area contributed by atoms with E-state index in [-0.39, 0.29) is 0 Å². The van der Waals surface area contributed by atoms with Crippen molar-refractivity contribution in [1.29, 1.82) is 0 Å². The van der Waals surface area contributed by atoms with Crippen LogP contribution in [0.5, 0.6) is 11.5 Å². The standard InChI is InChI=1S/C16H19NO2S/c1-3-13-5-7-16(20-13)11(2)17-9-12-4-6-14-15(8-12)19-10-18-14/h4-8,11,17H,3,9-10H2,1-2H3. The molecule has 2 aromatic rings. The van der Waals surface area contributed by atoms with Gasteiger partial charge in [-0.3, -0.25) is 0 Å². The predicted octanol–water partition coefficient (Wildman–Crippen LogP) is 3.89. The van der Waals surface area contributed by atoms with Crippen molar-refractivity contribution in [3.63, 3.8) is 0 Å². The molecule has 0 bridgehead atoms. The highest BCUT2D eigenvalue weighted by Gasteiger charge is 2.14. The second kappa shape index (κ2) is 5.85. The third-order valence-electron chi connectivity index (χ3n) is 3.51. The Morgan fingerprint density at radius 1 is 1.20 bits per heavy atom. The maximum absolute atomic E-state index is 5.40. The van der Waals surface area contributed by atoms with Crippen molar-refractivity contribution in [3.8, 4) is 11.5 Å². The molecule has 0 spiro atoms. The highest BCUT2D eigenvalue weighted by molar-refractivity contribution is 7.12. The molecule has 1 atom stereocenters. The van der Waals surface area contributed by atoms with Crippen molar-refractivity contribution in [2.45, 2.75) is 32.9 Å². The molecule has 0 radical (unpaired) electrons. The lowest BCUT2D eigenvalue weighted by atomic mass is 10.2. The lowest BCUT2D eigenvalue weighted by Crippen LogP contribution is -2.17. The van der Waals surface area contributed by atoms with Gasteiger partial charge in [-0.05, 0) is 43.2 Å². The monoisotopic (exact) mass is 289 g/mol. The van der Waals surface area contributed by atoms with Crippen LogP contribution in [0, 0.1) is 0 Å². The Bertz CT molecular complexity index is 594. The quantitative estimate of drug-likeness (QED) is 0.906. The summed E-state index contributed by atoms with van der Waals surface area (Å²) in [7, 11) is 0. The van der Waals surface area contributed by atoms with Gasteiger partial charge < -0.3 is 14.8 Å². The summed E-state index contributed by atoms with van der Waals surface area (Å²) >= 11 is 1.89. The fourth-order valence-electron chi connectivity index (χ4n) is 2.24. The van der Waals surface area contributed by atoms with Crippen LogP contribution in [0.25, 0.3) is 0 Å². The van der Waals surface area contributed by atoms with Crippen LogP contribution in [0.1, 0.15) is 35.2 Å². The lowest BCUT2D eigenvalue weighted by molar-refractivity contribution is 0.174. The van der Waals surface area contributed by atoms with Crippen molar-refractivity contribution in [2.75, 3.05) is 6.79 Å². The molecule has 3 nitrogen and oxygen atoms in total. The van der Waals surface area contributed by atoms with Crippen molar-refractivity contribution in [1.82, 2.24) is 5.32 Å². The molecular formula is C16H19NO2S. The highest BCUT2D eigenvalue weighted by atomic mass is 32.1. The van der Waals surface area contributed by atoms with Gasteiger partial charge >= 0.3 is 0 Å². The summed E-state index contributed by atoms with van der Waals surface area (Å²) in [6.45, 7) is 5.56. The summed E-state index contributed by atoms with van der Waals surface area (Å²) < 4.78 is 10.7. The summed E-state index contributed by atoms with van der Waals surface area (Å²) in [4.78, 5) is 2.83. The summed E-state index contributed by atoms with van der Waals surface area (Å²) in [6, 6.07) is 10.9. The molecule has 1 unspecified atom stereocenters. The van der Waals surface area contributed by atoms with Gasteiger partial charge in [-0.15, -0.1) is 11.3 Å². The van der Waals surface area contributed by atoms with Crippen molar-refractivity contribution in [3.05, 3.63) is 45.6 Å². The second-order valence-electron chi connectivity index (χ2n) is 4.95. The Morgan fingerprint density at radius 3 is 2.85 bits per heavy atom. The van der Waals surface area contributed by atoms with Gasteiger partial charge in [0.15, 0.2) is 11.5 Å². The van der Waals surface area contributed by atoms with E-state index < -0.39 is 0 Å². The van der Waals surface area contributed by atoms with E-state index in [1.54, 1.807) is 0 Å². The summed E-state index contributed by atoms with van der Waals surface area (Å²) in [6.07, 6.45) is 1.11. The van der Waals surface area contributed by atoms with Gasteiger partial charge in [-0.25, -0.2) is 0 Å². The van der Waals surface area contributed by atoms with Gasteiger partial charge in [0, 0.05) is 22.3 Å². The Morgan fingerprint density at radius 2 is 2.05 bits per heavy atom. The third-order valence-corrected chi connectivity index (χ3v) is 4.92. The molecule has 1 aromatic carbocycles. The van der Waals surface area contributed by atoms with Crippen LogP contribution in [0.2, 0.25) is 0 Å². The van der Waals surface area contributed by atoms with Crippen LogP contribution in [-0.2, 0) is 13.0 Å². The van der Waals surface area contributed by atoms with Gasteiger partial charge in [-0.1, -0.05) is 13.0 Å². The normalized spacial score (nSPS) is 14.5. The van der Waals surface area contributed by atoms with E-state index in [1.165, 1.54) is 15.3 Å². The Hall–Kier alpha value is -1.52. The molecule has 1 aromatic heterocycles. The largest absolute Gasteiger partial charge is 0.454 e. The number of hydrogen-bond acceptors (Lipinski definition) is 4. The minimum atomic E-state index is 0.331. The van der Waals surface area contributed by atoms with Gasteiger partial charge in [0.2, 0.25) is 6.79 Å². The van der Waals surface area contributed by atoms with Crippen LogP contribution < -0.4 is 14.8 Å². The first-order chi connectivity index (χ1) is 9.76. The van der Waals surface area contributed by atoms with Gasteiger partial charge in [-0.2, -0.15) is 0 Å². The van der Waals surface area contributed by atoms with E-state index in [2.05, 4.69) is 37.4 Å². The molecule has 4 heteroatoms. The van der Waals surface area contributed by atoms with E-state index in [0.717, 1.165) is 24.5 Å². The topological polar surface area (TPSA) is 30.5 Å². The van der Waals surface area contributed by atoms with Crippen LogP contribution in [0.4, 0.5) is 0 Å². The number of aryl methyl sites for hydroxylation is 1. The number of rotatable bonds is 5. The minimum Gasteiger partial charge on any atom is -0.454 e. The lowest BCUT2D eigenvalue weighted by Gasteiger charge is -2.12. The van der Waals surface area contributed by atoms with Crippen LogP contribution in [-0.4, -0.2) is 6.79 Å². The molecule has 1 N–H and O–H groups in total. The first kappa shape index (κ1) is 13.5. The van der Waals surface area contributed by atoms with Crippen molar-refractivity contribution < 1.29 is 9.47 Å². The Balaban J connectivity index is 1.61. The van der Waals surface area contributed by atoms with Gasteiger partial charge in [0.25, 0.3) is 0 Å². The molecule has 0 saturated carbocycles. The van der Waals surface area contributed by atoms with E-state index in [4.69, 9.17) is 9.47 Å². The molecule has 2 heterocycles. The predicted molar refractivity (Wildman–Crippen MR) is 81.5 cm³/mol. The molecule has 0 fully saturated rings. The number of nitrogens with one attached hydrogen (secondary N) is 1. The van der Waals surface area contributed by atoms with Crippen molar-refractivity contribution in [2.24, 2.45) is 0 Å². The molecule has 3 rings (SSSR count). The summed E-state index contributed by atoms with van der Waals surface area (Å²) in [5.74, 6) is 1.69. The first-order valence-electron chi connectivity index (χ1n) is 6.97.